The number of ether oxygens (including phenoxy) is 1. The maximum atomic E-state index is 13.2. The minimum absolute atomic E-state index is 0.139. The van der Waals surface area contributed by atoms with Crippen molar-refractivity contribution in [2.24, 2.45) is 0 Å². The molecule has 4 rings (SSSR count). The van der Waals surface area contributed by atoms with Gasteiger partial charge in [-0.3, -0.25) is 4.79 Å². The quantitative estimate of drug-likeness (QED) is 0.710. The number of hydrogen-bond donors (Lipinski definition) is 0. The zero-order chi connectivity index (χ0) is 17.6. The van der Waals surface area contributed by atoms with Crippen molar-refractivity contribution < 1.29 is 14.3 Å². The van der Waals surface area contributed by atoms with Crippen molar-refractivity contribution in [2.75, 3.05) is 0 Å². The predicted molar refractivity (Wildman–Crippen MR) is 96.9 cm³/mol. The highest BCUT2D eigenvalue weighted by Crippen LogP contribution is 2.52. The molecule has 1 amide bonds. The van der Waals surface area contributed by atoms with Crippen LogP contribution in [0.1, 0.15) is 40.9 Å². The van der Waals surface area contributed by atoms with E-state index in [1.807, 2.05) is 55.5 Å². The van der Waals surface area contributed by atoms with Crippen LogP contribution in [-0.2, 0) is 15.1 Å². The molecular formula is C20H16BrNO3. The molecule has 126 valence electrons. The summed E-state index contributed by atoms with van der Waals surface area (Å²) in [4.78, 5) is 29.4. The van der Waals surface area contributed by atoms with E-state index < -0.39 is 11.5 Å². The van der Waals surface area contributed by atoms with Gasteiger partial charge in [0.1, 0.15) is 5.76 Å². The molecule has 2 aromatic rings. The third-order valence-electron chi connectivity index (χ3n) is 5.02. The molecule has 0 bridgehead atoms. The summed E-state index contributed by atoms with van der Waals surface area (Å²) in [6.07, 6.45) is 0.330. The van der Waals surface area contributed by atoms with Gasteiger partial charge >= 0.3 is 5.97 Å². The number of nitrogens with zero attached hydrogens (tertiary/aromatic N) is 1. The van der Waals surface area contributed by atoms with E-state index in [0.29, 0.717) is 17.7 Å². The van der Waals surface area contributed by atoms with E-state index in [2.05, 4.69) is 15.9 Å². The van der Waals surface area contributed by atoms with Crippen LogP contribution < -0.4 is 0 Å². The fourth-order valence-electron chi connectivity index (χ4n) is 3.86. The Morgan fingerprint density at radius 2 is 1.80 bits per heavy atom. The van der Waals surface area contributed by atoms with Gasteiger partial charge in [-0.05, 0) is 18.6 Å². The van der Waals surface area contributed by atoms with Gasteiger partial charge in [0.15, 0.2) is 5.54 Å². The van der Waals surface area contributed by atoms with Crippen LogP contribution in [0.3, 0.4) is 0 Å². The molecule has 2 aliphatic heterocycles. The number of amides is 1. The SMILES string of the molecule is C[C@@H](c1ccccc1)N1C(=O)c2ccccc2[C@@]12C/C(=C\Br)OC2=O. The summed E-state index contributed by atoms with van der Waals surface area (Å²) >= 11 is 3.25. The van der Waals surface area contributed by atoms with Crippen molar-refractivity contribution in [1.29, 1.82) is 0 Å². The summed E-state index contributed by atoms with van der Waals surface area (Å²) in [7, 11) is 0. The summed E-state index contributed by atoms with van der Waals surface area (Å²) in [5.41, 5.74) is 1.16. The number of carbonyl (C=O) groups is 2. The third kappa shape index (κ3) is 2.19. The first-order valence-corrected chi connectivity index (χ1v) is 9.01. The molecule has 0 unspecified atom stereocenters. The van der Waals surface area contributed by atoms with E-state index in [9.17, 15) is 9.59 Å². The molecule has 25 heavy (non-hydrogen) atoms. The Morgan fingerprint density at radius 3 is 2.48 bits per heavy atom. The van der Waals surface area contributed by atoms with Crippen LogP contribution >= 0.6 is 15.9 Å². The summed E-state index contributed by atoms with van der Waals surface area (Å²) in [6.45, 7) is 1.95. The molecular weight excluding hydrogens is 382 g/mol. The molecule has 0 saturated carbocycles. The van der Waals surface area contributed by atoms with Gasteiger partial charge in [-0.15, -0.1) is 0 Å². The molecule has 2 aromatic carbocycles. The summed E-state index contributed by atoms with van der Waals surface area (Å²) in [5.74, 6) is -0.0150. The van der Waals surface area contributed by atoms with Crippen LogP contribution in [0.5, 0.6) is 0 Å². The molecule has 4 nitrogen and oxygen atoms in total. The number of fused-ring (bicyclic) bond motifs is 2. The van der Waals surface area contributed by atoms with Gasteiger partial charge in [0.2, 0.25) is 0 Å². The second kappa shape index (κ2) is 5.85. The van der Waals surface area contributed by atoms with Crippen molar-refractivity contribution in [2.45, 2.75) is 24.9 Å². The molecule has 1 spiro atoms. The van der Waals surface area contributed by atoms with Gasteiger partial charge in [-0.25, -0.2) is 4.79 Å². The van der Waals surface area contributed by atoms with Crippen LogP contribution in [0.15, 0.2) is 65.3 Å². The first kappa shape index (κ1) is 16.1. The molecule has 2 aliphatic rings. The lowest BCUT2D eigenvalue weighted by molar-refractivity contribution is -0.146. The van der Waals surface area contributed by atoms with Gasteiger partial charge in [-0.1, -0.05) is 64.5 Å². The van der Waals surface area contributed by atoms with Crippen molar-refractivity contribution in [3.8, 4) is 0 Å². The van der Waals surface area contributed by atoms with Crippen molar-refractivity contribution in [3.05, 3.63) is 82.0 Å². The van der Waals surface area contributed by atoms with Crippen molar-refractivity contribution >= 4 is 27.8 Å². The zero-order valence-electron chi connectivity index (χ0n) is 13.6. The Hall–Kier alpha value is -2.40. The van der Waals surface area contributed by atoms with E-state index in [-0.39, 0.29) is 11.9 Å². The minimum atomic E-state index is -1.11. The number of carbonyl (C=O) groups excluding carboxylic acids is 2. The number of halogens is 1. The van der Waals surface area contributed by atoms with E-state index in [0.717, 1.165) is 11.1 Å². The van der Waals surface area contributed by atoms with E-state index >= 15 is 0 Å². The van der Waals surface area contributed by atoms with Gasteiger partial charge in [0.05, 0.1) is 6.04 Å². The molecule has 0 aromatic heterocycles. The lowest BCUT2D eigenvalue weighted by atomic mass is 9.86. The lowest BCUT2D eigenvalue weighted by Gasteiger charge is -2.36. The number of rotatable bonds is 2. The fraction of sp³-hybridized carbons (Fsp3) is 0.200. The predicted octanol–water partition coefficient (Wildman–Crippen LogP) is 4.28. The summed E-state index contributed by atoms with van der Waals surface area (Å²) in [6, 6.07) is 16.8. The van der Waals surface area contributed by atoms with E-state index in [1.54, 1.807) is 16.0 Å². The molecule has 5 heteroatoms. The van der Waals surface area contributed by atoms with E-state index in [4.69, 9.17) is 4.74 Å². The highest BCUT2D eigenvalue weighted by Gasteiger charge is 2.61. The average Bonchev–Trinajstić information content (AvgIpc) is 3.11. The molecule has 1 fully saturated rings. The second-order valence-electron chi connectivity index (χ2n) is 6.31. The van der Waals surface area contributed by atoms with Gasteiger partial charge < -0.3 is 9.64 Å². The van der Waals surface area contributed by atoms with Crippen LogP contribution in [0.25, 0.3) is 0 Å². The second-order valence-corrected chi connectivity index (χ2v) is 6.77. The third-order valence-corrected chi connectivity index (χ3v) is 5.53. The highest BCUT2D eigenvalue weighted by molar-refractivity contribution is 9.11. The number of esters is 1. The normalized spacial score (nSPS) is 24.7. The van der Waals surface area contributed by atoms with Crippen molar-refractivity contribution in [1.82, 2.24) is 4.90 Å². The Kier molecular flexibility index (Phi) is 3.76. The van der Waals surface area contributed by atoms with E-state index in [1.165, 1.54) is 0 Å². The monoisotopic (exact) mass is 397 g/mol. The maximum Gasteiger partial charge on any atom is 0.342 e. The standard InChI is InChI=1S/C20H16BrNO3/c1-13(14-7-3-2-4-8-14)22-18(23)16-9-5-6-10-17(16)20(22)11-15(12-21)25-19(20)24/h2-10,12-13H,11H2,1H3/b15-12+/t13-,20+/m0/s1. The topological polar surface area (TPSA) is 46.6 Å². The maximum absolute atomic E-state index is 13.2. The van der Waals surface area contributed by atoms with Crippen LogP contribution in [0.2, 0.25) is 0 Å². The van der Waals surface area contributed by atoms with Crippen molar-refractivity contribution in [3.63, 3.8) is 0 Å². The Labute approximate surface area is 154 Å². The minimum Gasteiger partial charge on any atom is -0.428 e. The van der Waals surface area contributed by atoms with Crippen LogP contribution in [-0.4, -0.2) is 16.8 Å². The molecule has 2 heterocycles. The lowest BCUT2D eigenvalue weighted by Crippen LogP contribution is -2.48. The first-order chi connectivity index (χ1) is 12.1. The van der Waals surface area contributed by atoms with Gasteiger partial charge in [-0.2, -0.15) is 0 Å². The van der Waals surface area contributed by atoms with Gasteiger partial charge in [0, 0.05) is 22.5 Å². The number of benzene rings is 2. The van der Waals surface area contributed by atoms with Crippen LogP contribution in [0.4, 0.5) is 0 Å². The summed E-state index contributed by atoms with van der Waals surface area (Å²) < 4.78 is 5.45. The average molecular weight is 398 g/mol. The smallest absolute Gasteiger partial charge is 0.342 e. The zero-order valence-corrected chi connectivity index (χ0v) is 15.2. The largest absolute Gasteiger partial charge is 0.428 e. The molecule has 1 saturated heterocycles. The fourth-order valence-corrected chi connectivity index (χ4v) is 4.12. The van der Waals surface area contributed by atoms with Crippen LogP contribution in [0, 0.1) is 0 Å². The highest BCUT2D eigenvalue weighted by atomic mass is 79.9. The number of hydrogen-bond acceptors (Lipinski definition) is 3. The molecule has 0 radical (unpaired) electrons. The summed E-state index contributed by atoms with van der Waals surface area (Å²) in [5, 5.41) is 0. The Balaban J connectivity index is 1.91. The molecule has 0 aliphatic carbocycles. The Morgan fingerprint density at radius 1 is 1.12 bits per heavy atom. The first-order valence-electron chi connectivity index (χ1n) is 8.09. The van der Waals surface area contributed by atoms with Gasteiger partial charge in [0.25, 0.3) is 5.91 Å². The molecule has 0 N–H and O–H groups in total. The Bertz CT molecular complexity index is 893. The number of cyclic esters (lactones) is 1. The molecule has 2 atom stereocenters.